The van der Waals surface area contributed by atoms with Gasteiger partial charge < -0.3 is 21.5 Å². The average molecular weight is 251 g/mol. The average Bonchev–Trinajstić information content (AvgIpc) is 2.37. The first-order chi connectivity index (χ1) is 8.67. The molecule has 0 aliphatic rings. The molecule has 0 aromatic heterocycles. The maximum atomic E-state index is 5.73. The molecule has 1 aromatic carbocycles. The van der Waals surface area contributed by atoms with Crippen molar-refractivity contribution in [3.05, 3.63) is 29.3 Å². The van der Waals surface area contributed by atoms with Gasteiger partial charge in [0.1, 0.15) is 5.75 Å². The van der Waals surface area contributed by atoms with E-state index in [1.165, 1.54) is 11.1 Å². The van der Waals surface area contributed by atoms with Gasteiger partial charge in [-0.25, -0.2) is 0 Å². The second-order valence-electron chi connectivity index (χ2n) is 4.48. The van der Waals surface area contributed by atoms with Crippen molar-refractivity contribution in [1.29, 1.82) is 0 Å². The molecular weight excluding hydrogens is 226 g/mol. The first kappa shape index (κ1) is 15.0. The Morgan fingerprint density at radius 3 is 2.78 bits per heavy atom. The molecule has 18 heavy (non-hydrogen) atoms. The molecule has 1 unspecified atom stereocenters. The minimum Gasteiger partial charge on any atom is -0.494 e. The van der Waals surface area contributed by atoms with E-state index in [1.54, 1.807) is 0 Å². The molecule has 1 rings (SSSR count). The van der Waals surface area contributed by atoms with Crippen molar-refractivity contribution >= 4 is 0 Å². The van der Waals surface area contributed by atoms with Gasteiger partial charge in [0.25, 0.3) is 0 Å². The lowest BCUT2D eigenvalue weighted by molar-refractivity contribution is 0.338. The number of benzene rings is 1. The lowest BCUT2D eigenvalue weighted by atomic mass is 10.1. The van der Waals surface area contributed by atoms with E-state index >= 15 is 0 Å². The number of ether oxygens (including phenoxy) is 1. The van der Waals surface area contributed by atoms with Crippen molar-refractivity contribution in [2.75, 3.05) is 26.2 Å². The highest BCUT2D eigenvalue weighted by molar-refractivity contribution is 5.36. The van der Waals surface area contributed by atoms with Gasteiger partial charge in [-0.05, 0) is 44.0 Å². The van der Waals surface area contributed by atoms with Gasteiger partial charge in [0, 0.05) is 19.1 Å². The predicted molar refractivity (Wildman–Crippen MR) is 76.0 cm³/mol. The lowest BCUT2D eigenvalue weighted by Gasteiger charge is -2.11. The fraction of sp³-hybridized carbons (Fsp3) is 0.571. The van der Waals surface area contributed by atoms with Crippen LogP contribution in [0.25, 0.3) is 0 Å². The molecule has 0 saturated heterocycles. The molecular formula is C14H25N3O. The van der Waals surface area contributed by atoms with Crippen LogP contribution in [0.4, 0.5) is 0 Å². The molecule has 0 spiro atoms. The second-order valence-corrected chi connectivity index (χ2v) is 4.48. The molecule has 4 nitrogen and oxygen atoms in total. The molecule has 0 aliphatic heterocycles. The van der Waals surface area contributed by atoms with Gasteiger partial charge in [0.2, 0.25) is 0 Å². The van der Waals surface area contributed by atoms with Gasteiger partial charge in [-0.1, -0.05) is 12.1 Å². The molecule has 5 N–H and O–H groups in total. The number of rotatable bonds is 8. The van der Waals surface area contributed by atoms with Gasteiger partial charge in [0.05, 0.1) is 6.61 Å². The molecule has 0 saturated carbocycles. The van der Waals surface area contributed by atoms with E-state index in [1.807, 2.05) is 13.0 Å². The minimum atomic E-state index is 0.0482. The van der Waals surface area contributed by atoms with Crippen LogP contribution in [-0.4, -0.2) is 32.3 Å². The van der Waals surface area contributed by atoms with Gasteiger partial charge in [-0.2, -0.15) is 0 Å². The third-order valence-electron chi connectivity index (χ3n) is 2.84. The molecule has 0 heterocycles. The smallest absolute Gasteiger partial charge is 0.122 e. The van der Waals surface area contributed by atoms with Crippen LogP contribution < -0.4 is 21.5 Å². The van der Waals surface area contributed by atoms with Crippen molar-refractivity contribution < 1.29 is 4.74 Å². The zero-order valence-corrected chi connectivity index (χ0v) is 11.4. The molecule has 1 atom stereocenters. The van der Waals surface area contributed by atoms with E-state index in [2.05, 4.69) is 24.4 Å². The zero-order valence-electron chi connectivity index (χ0n) is 11.4. The number of nitrogens with two attached hydrogens (primary N) is 2. The minimum absolute atomic E-state index is 0.0482. The molecule has 0 fully saturated rings. The zero-order chi connectivity index (χ0) is 13.4. The molecule has 0 aliphatic carbocycles. The summed E-state index contributed by atoms with van der Waals surface area (Å²) in [6.07, 6.45) is 0.991. The number of hydrogen-bond acceptors (Lipinski definition) is 4. The highest BCUT2D eigenvalue weighted by Crippen LogP contribution is 2.19. The van der Waals surface area contributed by atoms with E-state index in [9.17, 15) is 0 Å². The highest BCUT2D eigenvalue weighted by Gasteiger charge is 2.01. The Balaban J connectivity index is 2.37. The van der Waals surface area contributed by atoms with Crippen LogP contribution in [0.5, 0.6) is 5.75 Å². The van der Waals surface area contributed by atoms with Gasteiger partial charge in [-0.15, -0.1) is 0 Å². The SMILES string of the molecule is CCOc1ccc(CCNCC(N)CN)cc1C. The van der Waals surface area contributed by atoms with E-state index in [4.69, 9.17) is 16.2 Å². The summed E-state index contributed by atoms with van der Waals surface area (Å²) in [5, 5.41) is 3.31. The molecule has 1 aromatic rings. The number of hydrogen-bond donors (Lipinski definition) is 3. The first-order valence-electron chi connectivity index (χ1n) is 6.56. The Morgan fingerprint density at radius 1 is 1.39 bits per heavy atom. The Labute approximate surface area is 110 Å². The summed E-state index contributed by atoms with van der Waals surface area (Å²) in [4.78, 5) is 0. The Morgan fingerprint density at radius 2 is 2.17 bits per heavy atom. The third kappa shape index (κ3) is 5.04. The van der Waals surface area contributed by atoms with Crippen molar-refractivity contribution in [1.82, 2.24) is 5.32 Å². The van der Waals surface area contributed by atoms with Gasteiger partial charge >= 0.3 is 0 Å². The fourth-order valence-corrected chi connectivity index (χ4v) is 1.79. The Kier molecular flexibility index (Phi) is 6.72. The summed E-state index contributed by atoms with van der Waals surface area (Å²) < 4.78 is 5.52. The van der Waals surface area contributed by atoms with Gasteiger partial charge in [0.15, 0.2) is 0 Å². The highest BCUT2D eigenvalue weighted by atomic mass is 16.5. The summed E-state index contributed by atoms with van der Waals surface area (Å²) in [7, 11) is 0. The quantitative estimate of drug-likeness (QED) is 0.598. The Bertz CT molecular complexity index is 355. The standard InChI is InChI=1S/C14H25N3O/c1-3-18-14-5-4-12(8-11(14)2)6-7-17-10-13(16)9-15/h4-5,8,13,17H,3,6-7,9-10,15-16H2,1-2H3. The van der Waals surface area contributed by atoms with Gasteiger partial charge in [-0.3, -0.25) is 0 Å². The second kappa shape index (κ2) is 8.08. The summed E-state index contributed by atoms with van der Waals surface area (Å²) in [6, 6.07) is 6.38. The van der Waals surface area contributed by atoms with Crippen LogP contribution in [0.3, 0.4) is 0 Å². The normalized spacial score (nSPS) is 12.4. The topological polar surface area (TPSA) is 73.3 Å². The molecule has 0 bridgehead atoms. The molecule has 0 radical (unpaired) electrons. The maximum absolute atomic E-state index is 5.73. The van der Waals surface area contributed by atoms with Crippen LogP contribution >= 0.6 is 0 Å². The third-order valence-corrected chi connectivity index (χ3v) is 2.84. The predicted octanol–water partition coefficient (Wildman–Crippen LogP) is 0.812. The van der Waals surface area contributed by atoms with Crippen molar-refractivity contribution in [3.63, 3.8) is 0 Å². The van der Waals surface area contributed by atoms with Crippen molar-refractivity contribution in [2.45, 2.75) is 26.3 Å². The maximum Gasteiger partial charge on any atom is 0.122 e. The van der Waals surface area contributed by atoms with E-state index in [-0.39, 0.29) is 6.04 Å². The molecule has 102 valence electrons. The molecule has 0 amide bonds. The first-order valence-corrected chi connectivity index (χ1v) is 6.56. The largest absolute Gasteiger partial charge is 0.494 e. The Hall–Kier alpha value is -1.10. The van der Waals surface area contributed by atoms with Crippen LogP contribution in [0.2, 0.25) is 0 Å². The summed E-state index contributed by atoms with van der Waals surface area (Å²) in [5.41, 5.74) is 13.7. The van der Waals surface area contributed by atoms with Crippen LogP contribution in [0.1, 0.15) is 18.1 Å². The van der Waals surface area contributed by atoms with E-state index < -0.39 is 0 Å². The lowest BCUT2D eigenvalue weighted by Crippen LogP contribution is -2.40. The molecule has 4 heteroatoms. The summed E-state index contributed by atoms with van der Waals surface area (Å²) >= 11 is 0. The van der Waals surface area contributed by atoms with E-state index in [0.29, 0.717) is 13.2 Å². The van der Waals surface area contributed by atoms with Crippen LogP contribution in [0.15, 0.2) is 18.2 Å². The van der Waals surface area contributed by atoms with E-state index in [0.717, 1.165) is 25.3 Å². The van der Waals surface area contributed by atoms with Crippen LogP contribution in [-0.2, 0) is 6.42 Å². The fourth-order valence-electron chi connectivity index (χ4n) is 1.79. The summed E-state index contributed by atoms with van der Waals surface area (Å²) in [6.45, 7) is 6.99. The van der Waals surface area contributed by atoms with Crippen LogP contribution in [0, 0.1) is 6.92 Å². The number of aryl methyl sites for hydroxylation is 1. The number of nitrogens with one attached hydrogen (secondary N) is 1. The van der Waals surface area contributed by atoms with Crippen molar-refractivity contribution in [2.24, 2.45) is 11.5 Å². The monoisotopic (exact) mass is 251 g/mol. The van der Waals surface area contributed by atoms with Crippen molar-refractivity contribution in [3.8, 4) is 5.75 Å². The summed E-state index contributed by atoms with van der Waals surface area (Å²) in [5.74, 6) is 0.972.